The highest BCUT2D eigenvalue weighted by atomic mass is 16.3. The number of aliphatic hydroxyl groups excluding tert-OH is 1. The smallest absolute Gasteiger partial charge is 0.0786 e. The van der Waals surface area contributed by atoms with Crippen LogP contribution >= 0.6 is 0 Å². The van der Waals surface area contributed by atoms with Crippen LogP contribution in [0, 0.1) is 11.8 Å². The summed E-state index contributed by atoms with van der Waals surface area (Å²) in [7, 11) is 0. The Balaban J connectivity index is 1.70. The molecule has 1 atom stereocenters. The van der Waals surface area contributed by atoms with Gasteiger partial charge in [0.15, 0.2) is 0 Å². The van der Waals surface area contributed by atoms with Crippen LogP contribution in [0.2, 0.25) is 0 Å². The molecule has 3 nitrogen and oxygen atoms in total. The number of hydrogen-bond donors (Lipinski definition) is 3. The predicted molar refractivity (Wildman–Crippen MR) is 98.5 cm³/mol. The first kappa shape index (κ1) is 19.2. The van der Waals surface area contributed by atoms with Crippen LogP contribution in [0.25, 0.3) is 0 Å². The van der Waals surface area contributed by atoms with Gasteiger partial charge >= 0.3 is 0 Å². The molecule has 0 aliphatic heterocycles. The molecule has 0 bridgehead atoms. The van der Waals surface area contributed by atoms with Crippen LogP contribution in [0.1, 0.15) is 89.9 Å². The molecule has 2 rings (SSSR count). The van der Waals surface area contributed by atoms with E-state index in [2.05, 4.69) is 5.32 Å². The lowest BCUT2D eigenvalue weighted by Gasteiger charge is -2.28. The first-order valence-electron chi connectivity index (χ1n) is 10.4. The molecule has 0 heterocycles. The maximum absolute atomic E-state index is 9.75. The third kappa shape index (κ3) is 8.00. The van der Waals surface area contributed by atoms with Crippen molar-refractivity contribution in [2.75, 3.05) is 13.1 Å². The van der Waals surface area contributed by atoms with E-state index in [0.717, 1.165) is 11.8 Å². The Morgan fingerprint density at radius 1 is 0.826 bits per heavy atom. The van der Waals surface area contributed by atoms with E-state index in [1.807, 2.05) is 0 Å². The van der Waals surface area contributed by atoms with E-state index in [4.69, 9.17) is 5.73 Å². The molecule has 3 heteroatoms. The molecule has 136 valence electrons. The summed E-state index contributed by atoms with van der Waals surface area (Å²) in [6, 6.07) is 0.583. The zero-order valence-electron chi connectivity index (χ0n) is 15.1. The second-order valence-electron chi connectivity index (χ2n) is 8.16. The van der Waals surface area contributed by atoms with Crippen LogP contribution < -0.4 is 11.1 Å². The Kier molecular flexibility index (Phi) is 9.55. The number of rotatable bonds is 10. The van der Waals surface area contributed by atoms with Gasteiger partial charge in [0, 0.05) is 19.1 Å². The van der Waals surface area contributed by atoms with E-state index < -0.39 is 0 Å². The highest BCUT2D eigenvalue weighted by Gasteiger charge is 2.19. The van der Waals surface area contributed by atoms with Crippen LogP contribution in [0.4, 0.5) is 0 Å². The highest BCUT2D eigenvalue weighted by molar-refractivity contribution is 4.76. The number of nitrogens with one attached hydrogen (secondary N) is 1. The molecule has 23 heavy (non-hydrogen) atoms. The maximum atomic E-state index is 9.75. The summed E-state index contributed by atoms with van der Waals surface area (Å²) >= 11 is 0. The fourth-order valence-corrected chi connectivity index (χ4v) is 4.56. The first-order chi connectivity index (χ1) is 11.3. The summed E-state index contributed by atoms with van der Waals surface area (Å²) in [5.74, 6) is 1.92. The van der Waals surface area contributed by atoms with Crippen molar-refractivity contribution in [2.45, 2.75) is 102 Å². The van der Waals surface area contributed by atoms with E-state index in [1.54, 1.807) is 0 Å². The average Bonchev–Trinajstić information content (AvgIpc) is 2.62. The largest absolute Gasteiger partial charge is 0.390 e. The van der Waals surface area contributed by atoms with Gasteiger partial charge in [-0.1, -0.05) is 64.2 Å². The molecular formula is C20H40N2O. The lowest BCUT2D eigenvalue weighted by molar-refractivity contribution is 0.170. The van der Waals surface area contributed by atoms with Crippen molar-refractivity contribution in [2.24, 2.45) is 17.6 Å². The Labute approximate surface area is 143 Å². The monoisotopic (exact) mass is 324 g/mol. The van der Waals surface area contributed by atoms with Gasteiger partial charge in [-0.05, 0) is 37.5 Å². The summed E-state index contributed by atoms with van der Waals surface area (Å²) < 4.78 is 0. The molecule has 0 aromatic carbocycles. The van der Waals surface area contributed by atoms with Gasteiger partial charge in [0.25, 0.3) is 0 Å². The molecule has 0 aromatic heterocycles. The van der Waals surface area contributed by atoms with Gasteiger partial charge in [-0.2, -0.15) is 0 Å². The van der Waals surface area contributed by atoms with Crippen molar-refractivity contribution in [3.05, 3.63) is 0 Å². The van der Waals surface area contributed by atoms with E-state index in [-0.39, 0.29) is 6.10 Å². The topological polar surface area (TPSA) is 58.3 Å². The molecule has 0 spiro atoms. The second-order valence-corrected chi connectivity index (χ2v) is 8.16. The fraction of sp³-hybridized carbons (Fsp3) is 1.00. The Morgan fingerprint density at radius 3 is 1.74 bits per heavy atom. The van der Waals surface area contributed by atoms with Crippen molar-refractivity contribution >= 4 is 0 Å². The third-order valence-electron chi connectivity index (χ3n) is 6.21. The molecule has 0 radical (unpaired) electrons. The zero-order chi connectivity index (χ0) is 16.3. The molecule has 2 fully saturated rings. The van der Waals surface area contributed by atoms with Gasteiger partial charge in [-0.25, -0.2) is 0 Å². The van der Waals surface area contributed by atoms with Gasteiger partial charge in [0.05, 0.1) is 6.10 Å². The molecule has 2 saturated carbocycles. The minimum absolute atomic E-state index is 0.366. The predicted octanol–water partition coefficient (Wildman–Crippen LogP) is 3.99. The first-order valence-corrected chi connectivity index (χ1v) is 10.4. The minimum Gasteiger partial charge on any atom is -0.390 e. The van der Waals surface area contributed by atoms with Crippen molar-refractivity contribution in [1.82, 2.24) is 5.32 Å². The summed E-state index contributed by atoms with van der Waals surface area (Å²) in [6.07, 6.45) is 19.4. The van der Waals surface area contributed by atoms with E-state index >= 15 is 0 Å². The summed E-state index contributed by atoms with van der Waals surface area (Å²) in [5, 5.41) is 13.4. The molecule has 0 amide bonds. The van der Waals surface area contributed by atoms with Gasteiger partial charge in [0.2, 0.25) is 0 Å². The van der Waals surface area contributed by atoms with E-state index in [0.29, 0.717) is 19.1 Å². The van der Waals surface area contributed by atoms with Crippen molar-refractivity contribution in [3.63, 3.8) is 0 Å². The number of nitrogens with two attached hydrogens (primary N) is 1. The number of aliphatic hydroxyl groups is 1. The quantitative estimate of drug-likeness (QED) is 0.569. The SMILES string of the molecule is NCC(O)CNC(CCC1CCCCC1)CCC1CCCCC1. The van der Waals surface area contributed by atoms with Crippen LogP contribution in [-0.4, -0.2) is 30.3 Å². The van der Waals surface area contributed by atoms with Crippen LogP contribution in [0.3, 0.4) is 0 Å². The van der Waals surface area contributed by atoms with Crippen LogP contribution in [0.5, 0.6) is 0 Å². The van der Waals surface area contributed by atoms with Gasteiger partial charge in [-0.3, -0.25) is 0 Å². The summed E-state index contributed by atoms with van der Waals surface area (Å²) in [4.78, 5) is 0. The van der Waals surface area contributed by atoms with Gasteiger partial charge in [-0.15, -0.1) is 0 Å². The molecule has 1 unspecified atom stereocenters. The molecule has 2 aliphatic carbocycles. The minimum atomic E-state index is -0.387. The van der Waals surface area contributed by atoms with Crippen molar-refractivity contribution in [1.29, 1.82) is 0 Å². The molecule has 0 saturated heterocycles. The van der Waals surface area contributed by atoms with Gasteiger partial charge < -0.3 is 16.2 Å². The van der Waals surface area contributed by atoms with E-state index in [9.17, 15) is 5.11 Å². The van der Waals surface area contributed by atoms with Gasteiger partial charge in [0.1, 0.15) is 0 Å². The Hall–Kier alpha value is -0.120. The normalized spacial score (nSPS) is 22.6. The fourth-order valence-electron chi connectivity index (χ4n) is 4.56. The average molecular weight is 325 g/mol. The molecule has 4 N–H and O–H groups in total. The summed E-state index contributed by atoms with van der Waals surface area (Å²) in [5.41, 5.74) is 5.55. The van der Waals surface area contributed by atoms with Crippen molar-refractivity contribution < 1.29 is 5.11 Å². The standard InChI is InChI=1S/C20H40N2O/c21-15-20(23)16-22-19(13-11-17-7-3-1-4-8-17)14-12-18-9-5-2-6-10-18/h17-20,22-23H,1-16,21H2. The Morgan fingerprint density at radius 2 is 1.30 bits per heavy atom. The summed E-state index contributed by atoms with van der Waals surface area (Å²) in [6.45, 7) is 1.03. The van der Waals surface area contributed by atoms with Crippen molar-refractivity contribution in [3.8, 4) is 0 Å². The second kappa shape index (κ2) is 11.4. The molecule has 2 aliphatic rings. The maximum Gasteiger partial charge on any atom is 0.0786 e. The highest BCUT2D eigenvalue weighted by Crippen LogP contribution is 2.30. The number of hydrogen-bond acceptors (Lipinski definition) is 3. The molecular weight excluding hydrogens is 284 g/mol. The third-order valence-corrected chi connectivity index (χ3v) is 6.21. The zero-order valence-corrected chi connectivity index (χ0v) is 15.1. The lowest BCUT2D eigenvalue weighted by atomic mass is 9.82. The van der Waals surface area contributed by atoms with Crippen LogP contribution in [0.15, 0.2) is 0 Å². The Bertz CT molecular complexity index is 263. The molecule has 0 aromatic rings. The van der Waals surface area contributed by atoms with Crippen LogP contribution in [-0.2, 0) is 0 Å². The lowest BCUT2D eigenvalue weighted by Crippen LogP contribution is -2.39. The van der Waals surface area contributed by atoms with E-state index in [1.165, 1.54) is 89.9 Å².